The Morgan fingerprint density at radius 2 is 1.37 bits per heavy atom. The molecule has 5 heteroatoms. The molecule has 0 saturated heterocycles. The SMILES string of the molecule is CCCCCCCCCCOc1ccc(/C=C/C(=O)OCC2CCC(COC(=O)C(C)(C)CC)CC2)cc1. The number of unbranched alkanes of at least 4 members (excludes halogenated alkanes) is 7. The molecule has 0 atom stereocenters. The third-order valence-electron chi connectivity index (χ3n) is 7.87. The first kappa shape index (κ1) is 31.9. The Bertz CT molecular complexity index is 818. The molecule has 0 aromatic heterocycles. The topological polar surface area (TPSA) is 61.8 Å². The Balaban J connectivity index is 1.56. The van der Waals surface area contributed by atoms with Crippen LogP contribution in [0.1, 0.15) is 117 Å². The van der Waals surface area contributed by atoms with Crippen LogP contribution in [0.5, 0.6) is 5.75 Å². The van der Waals surface area contributed by atoms with Crippen LogP contribution in [0.25, 0.3) is 6.08 Å². The highest BCUT2D eigenvalue weighted by atomic mass is 16.5. The maximum absolute atomic E-state index is 12.2. The summed E-state index contributed by atoms with van der Waals surface area (Å²) < 4.78 is 16.9. The van der Waals surface area contributed by atoms with Gasteiger partial charge in [0.05, 0.1) is 25.2 Å². The molecule has 1 fully saturated rings. The van der Waals surface area contributed by atoms with E-state index in [9.17, 15) is 9.59 Å². The summed E-state index contributed by atoms with van der Waals surface area (Å²) in [5.41, 5.74) is 0.532. The van der Waals surface area contributed by atoms with Gasteiger partial charge >= 0.3 is 11.9 Å². The van der Waals surface area contributed by atoms with Gasteiger partial charge in [-0.15, -0.1) is 0 Å². The number of carbonyl (C=O) groups is 2. The second-order valence-corrected chi connectivity index (χ2v) is 11.6. The Kier molecular flexibility index (Phi) is 15.2. The molecule has 5 nitrogen and oxygen atoms in total. The van der Waals surface area contributed by atoms with Gasteiger partial charge in [0.25, 0.3) is 0 Å². The van der Waals surface area contributed by atoms with Gasteiger partial charge < -0.3 is 14.2 Å². The van der Waals surface area contributed by atoms with Gasteiger partial charge in [-0.25, -0.2) is 4.79 Å². The maximum Gasteiger partial charge on any atom is 0.330 e. The zero-order valence-corrected chi connectivity index (χ0v) is 24.5. The molecule has 0 unspecified atom stereocenters. The molecule has 0 heterocycles. The lowest BCUT2D eigenvalue weighted by atomic mass is 9.83. The van der Waals surface area contributed by atoms with Crippen LogP contribution in [-0.4, -0.2) is 31.8 Å². The molecule has 1 aliphatic rings. The van der Waals surface area contributed by atoms with Gasteiger partial charge in [-0.2, -0.15) is 0 Å². The summed E-state index contributed by atoms with van der Waals surface area (Å²) in [6, 6.07) is 7.83. The Morgan fingerprint density at radius 1 is 0.816 bits per heavy atom. The van der Waals surface area contributed by atoms with E-state index in [-0.39, 0.29) is 11.9 Å². The van der Waals surface area contributed by atoms with Gasteiger partial charge in [0.15, 0.2) is 0 Å². The number of hydrogen-bond donors (Lipinski definition) is 0. The van der Waals surface area contributed by atoms with E-state index in [4.69, 9.17) is 14.2 Å². The summed E-state index contributed by atoms with van der Waals surface area (Å²) in [6.45, 7) is 9.82. The zero-order valence-electron chi connectivity index (χ0n) is 24.5. The predicted molar refractivity (Wildman–Crippen MR) is 155 cm³/mol. The van der Waals surface area contributed by atoms with E-state index >= 15 is 0 Å². The third-order valence-corrected chi connectivity index (χ3v) is 7.87. The highest BCUT2D eigenvalue weighted by Crippen LogP contribution is 2.30. The monoisotopic (exact) mass is 528 g/mol. The van der Waals surface area contributed by atoms with E-state index in [1.54, 1.807) is 6.08 Å². The van der Waals surface area contributed by atoms with E-state index in [2.05, 4.69) is 6.92 Å². The van der Waals surface area contributed by atoms with Crippen LogP contribution in [0.15, 0.2) is 30.3 Å². The van der Waals surface area contributed by atoms with Crippen LogP contribution in [0.4, 0.5) is 0 Å². The molecule has 214 valence electrons. The van der Waals surface area contributed by atoms with Crippen molar-refractivity contribution in [3.05, 3.63) is 35.9 Å². The second kappa shape index (κ2) is 18.1. The lowest BCUT2D eigenvalue weighted by molar-refractivity contribution is -0.156. The van der Waals surface area contributed by atoms with Crippen LogP contribution in [-0.2, 0) is 19.1 Å². The van der Waals surface area contributed by atoms with E-state index in [1.165, 1.54) is 51.0 Å². The van der Waals surface area contributed by atoms with E-state index in [1.807, 2.05) is 45.0 Å². The largest absolute Gasteiger partial charge is 0.494 e. The van der Waals surface area contributed by atoms with Gasteiger partial charge in [-0.05, 0) is 88.0 Å². The predicted octanol–water partition coefficient (Wildman–Crippen LogP) is 8.55. The smallest absolute Gasteiger partial charge is 0.330 e. The fourth-order valence-corrected chi connectivity index (χ4v) is 4.61. The first-order chi connectivity index (χ1) is 18.3. The summed E-state index contributed by atoms with van der Waals surface area (Å²) >= 11 is 0. The average molecular weight is 529 g/mol. The highest BCUT2D eigenvalue weighted by molar-refractivity contribution is 5.87. The Labute approximate surface area is 231 Å². The Morgan fingerprint density at radius 3 is 1.95 bits per heavy atom. The number of carbonyl (C=O) groups excluding carboxylic acids is 2. The first-order valence-electron chi connectivity index (χ1n) is 15.1. The molecule has 0 N–H and O–H groups in total. The molecule has 38 heavy (non-hydrogen) atoms. The summed E-state index contributed by atoms with van der Waals surface area (Å²) in [7, 11) is 0. The van der Waals surface area contributed by atoms with E-state index in [0.29, 0.717) is 25.0 Å². The van der Waals surface area contributed by atoms with E-state index in [0.717, 1.165) is 56.4 Å². The molecule has 1 aromatic rings. The quantitative estimate of drug-likeness (QED) is 0.108. The summed E-state index contributed by atoms with van der Waals surface area (Å²) in [5, 5.41) is 0. The zero-order chi connectivity index (χ0) is 27.6. The fourth-order valence-electron chi connectivity index (χ4n) is 4.61. The number of benzene rings is 1. The summed E-state index contributed by atoms with van der Waals surface area (Å²) in [5.74, 6) is 1.24. The average Bonchev–Trinajstić information content (AvgIpc) is 2.93. The molecule has 0 aliphatic heterocycles. The number of esters is 2. The number of rotatable bonds is 18. The third kappa shape index (κ3) is 13.0. The summed E-state index contributed by atoms with van der Waals surface area (Å²) in [6.07, 6.45) is 18.4. The van der Waals surface area contributed by atoms with E-state index < -0.39 is 5.41 Å². The molecule has 1 aliphatic carbocycles. The van der Waals surface area contributed by atoms with Crippen molar-refractivity contribution < 1.29 is 23.8 Å². The number of ether oxygens (including phenoxy) is 3. The minimum atomic E-state index is -0.415. The highest BCUT2D eigenvalue weighted by Gasteiger charge is 2.29. The molecule has 1 saturated carbocycles. The van der Waals surface area contributed by atoms with Gasteiger partial charge in [-0.1, -0.05) is 70.9 Å². The van der Waals surface area contributed by atoms with Crippen LogP contribution >= 0.6 is 0 Å². The molecule has 0 bridgehead atoms. The molecule has 0 spiro atoms. The minimum absolute atomic E-state index is 0.108. The van der Waals surface area contributed by atoms with Crippen molar-refractivity contribution in [2.75, 3.05) is 19.8 Å². The number of hydrogen-bond acceptors (Lipinski definition) is 5. The van der Waals surface area contributed by atoms with Gasteiger partial charge in [0.2, 0.25) is 0 Å². The van der Waals surface area contributed by atoms with Crippen LogP contribution < -0.4 is 4.74 Å². The fraction of sp³-hybridized carbons (Fsp3) is 0.697. The summed E-state index contributed by atoms with van der Waals surface area (Å²) in [4.78, 5) is 24.4. The normalized spacial score (nSPS) is 17.9. The van der Waals surface area contributed by atoms with Crippen molar-refractivity contribution in [1.82, 2.24) is 0 Å². The second-order valence-electron chi connectivity index (χ2n) is 11.6. The molecule has 1 aromatic carbocycles. The maximum atomic E-state index is 12.2. The molecular weight excluding hydrogens is 476 g/mol. The Hall–Kier alpha value is -2.30. The van der Waals surface area contributed by atoms with Crippen molar-refractivity contribution in [1.29, 1.82) is 0 Å². The van der Waals surface area contributed by atoms with Crippen LogP contribution in [0.2, 0.25) is 0 Å². The molecule has 0 radical (unpaired) electrons. The van der Waals surface area contributed by atoms with Crippen molar-refractivity contribution >= 4 is 18.0 Å². The molecule has 0 amide bonds. The lowest BCUT2D eigenvalue weighted by Gasteiger charge is -2.29. The molecule has 2 rings (SSSR count). The first-order valence-corrected chi connectivity index (χ1v) is 15.1. The van der Waals surface area contributed by atoms with Crippen molar-refractivity contribution in [3.63, 3.8) is 0 Å². The lowest BCUT2D eigenvalue weighted by Crippen LogP contribution is -2.29. The van der Waals surface area contributed by atoms with Crippen molar-refractivity contribution in [3.8, 4) is 5.75 Å². The van der Waals surface area contributed by atoms with Crippen molar-refractivity contribution in [2.45, 2.75) is 111 Å². The van der Waals surface area contributed by atoms with Gasteiger partial charge in [0, 0.05) is 6.08 Å². The van der Waals surface area contributed by atoms with Crippen LogP contribution in [0, 0.1) is 17.3 Å². The van der Waals surface area contributed by atoms with Crippen LogP contribution in [0.3, 0.4) is 0 Å². The van der Waals surface area contributed by atoms with Crippen molar-refractivity contribution in [2.24, 2.45) is 17.3 Å². The molecular formula is C33H52O5. The van der Waals surface area contributed by atoms with Gasteiger partial charge in [0.1, 0.15) is 5.75 Å². The minimum Gasteiger partial charge on any atom is -0.494 e. The van der Waals surface area contributed by atoms with Gasteiger partial charge in [-0.3, -0.25) is 4.79 Å². The standard InChI is InChI=1S/C33H52O5/c1-5-7-8-9-10-11-12-13-24-36-30-21-18-27(19-22-30)20-23-31(34)37-25-28-14-16-29(17-15-28)26-38-32(35)33(3,4)6-2/h18-23,28-29H,5-17,24-26H2,1-4H3/b23-20+.